The first kappa shape index (κ1) is 50.7. The Labute approximate surface area is 377 Å². The van der Waals surface area contributed by atoms with Crippen molar-refractivity contribution in [2.45, 2.75) is 87.4 Å². The molecule has 8 aromatic rings. The van der Waals surface area contributed by atoms with E-state index >= 15 is 0 Å². The fraction of sp³-hybridized carbons (Fsp3) is 0.277. The molecule has 0 saturated heterocycles. The van der Waals surface area contributed by atoms with Gasteiger partial charge in [0.25, 0.3) is 0 Å². The molecule has 4 aromatic heterocycles. The highest BCUT2D eigenvalue weighted by Gasteiger charge is 2.13. The summed E-state index contributed by atoms with van der Waals surface area (Å²) in [5, 5.41) is 33.1. The standard InChI is InChI=1S/C14H16N2O3.C12H16N2O2.C11H14N2O.C7H6N2O.C3H4O4/c1-3-15-11-7-5-10(6-8-13(17)18)9-12(11)16(4-2)14(15)19;1-3-13-10-6-5-9(8-15)7-11(10)14(4-2)12(13)16;1-3-12-9-7-5-6-8-10(9)13(4-2)11(12)14;10-7-8-5-3-1-2-4-6(5)9-7;1-2(7-6)3(4)5/h5-9H,3-4H2,1-2H3,(H,17,18);5-7,15H,3-4,8H2,1-2H3;5-8H,3-4H2,1-2H3;1-4H,(H2,8,9,10);6H,1H2,(H,4,5)/b8-6+;;;;. The fourth-order valence-corrected chi connectivity index (χ4v) is 7.19. The summed E-state index contributed by atoms with van der Waals surface area (Å²) >= 11 is 0. The van der Waals surface area contributed by atoms with Crippen LogP contribution in [0.1, 0.15) is 52.7 Å². The van der Waals surface area contributed by atoms with Crippen molar-refractivity contribution in [1.82, 2.24) is 37.4 Å². The molecule has 0 fully saturated rings. The number of carbonyl (C=O) groups is 2. The number of hydrogen-bond acceptors (Lipinski definition) is 9. The maximum Gasteiger partial charge on any atom is 0.374 e. The SMILES string of the molecule is C=C(OO)C(=O)O.CCn1c(=O)n(CC)c2cc(/C=C/C(=O)O)ccc21.CCn1c(=O)n(CC)c2cc(CO)ccc21.CCn1c(=O)n(CC)c2ccccc21.O=c1[nH]c2ccccc2[nH]1. The Bertz CT molecular complexity index is 3140. The predicted molar refractivity (Wildman–Crippen MR) is 255 cm³/mol. The summed E-state index contributed by atoms with van der Waals surface area (Å²) in [7, 11) is 0. The van der Waals surface area contributed by atoms with E-state index in [-0.39, 0.29) is 29.4 Å². The van der Waals surface area contributed by atoms with Gasteiger partial charge in [-0.2, -0.15) is 0 Å². The molecule has 0 aliphatic heterocycles. The zero-order valence-electron chi connectivity index (χ0n) is 37.7. The van der Waals surface area contributed by atoms with Gasteiger partial charge >= 0.3 is 34.7 Å². The number of aryl methyl sites for hydroxylation is 6. The predicted octanol–water partition coefficient (Wildman–Crippen LogP) is 6.05. The van der Waals surface area contributed by atoms with E-state index in [1.807, 2.05) is 126 Å². The number of para-hydroxylation sites is 4. The van der Waals surface area contributed by atoms with Crippen molar-refractivity contribution in [3.8, 4) is 0 Å². The van der Waals surface area contributed by atoms with E-state index in [4.69, 9.17) is 20.6 Å². The van der Waals surface area contributed by atoms with Crippen molar-refractivity contribution in [3.05, 3.63) is 156 Å². The number of nitrogens with zero attached hydrogens (tertiary/aromatic N) is 6. The van der Waals surface area contributed by atoms with Gasteiger partial charge < -0.3 is 30.2 Å². The van der Waals surface area contributed by atoms with E-state index in [2.05, 4.69) is 21.4 Å². The van der Waals surface area contributed by atoms with E-state index in [9.17, 15) is 28.8 Å². The lowest BCUT2D eigenvalue weighted by Crippen LogP contribution is -2.23. The molecule has 19 nitrogen and oxygen atoms in total. The van der Waals surface area contributed by atoms with Crippen LogP contribution in [0.2, 0.25) is 0 Å². The summed E-state index contributed by atoms with van der Waals surface area (Å²) in [6.07, 6.45) is 2.61. The first-order valence-electron chi connectivity index (χ1n) is 21.2. The van der Waals surface area contributed by atoms with E-state index < -0.39 is 17.7 Å². The first-order valence-corrected chi connectivity index (χ1v) is 21.2. The zero-order valence-corrected chi connectivity index (χ0v) is 37.7. The Morgan fingerprint density at radius 3 is 1.32 bits per heavy atom. The number of aromatic amines is 2. The molecule has 0 saturated carbocycles. The smallest absolute Gasteiger partial charge is 0.374 e. The summed E-state index contributed by atoms with van der Waals surface area (Å²) in [5.41, 5.74) is 8.86. The van der Waals surface area contributed by atoms with Crippen LogP contribution in [0.15, 0.2) is 123 Å². The van der Waals surface area contributed by atoms with Gasteiger partial charge in [-0.3, -0.25) is 27.4 Å². The molecule has 0 atom stereocenters. The normalized spacial score (nSPS) is 10.7. The largest absolute Gasteiger partial charge is 0.478 e. The highest BCUT2D eigenvalue weighted by molar-refractivity contribution is 5.87. The van der Waals surface area contributed by atoms with E-state index in [0.717, 1.165) is 74.4 Å². The Morgan fingerprint density at radius 2 is 0.955 bits per heavy atom. The third-order valence-electron chi connectivity index (χ3n) is 10.3. The number of H-pyrrole nitrogens is 2. The van der Waals surface area contributed by atoms with Gasteiger partial charge in [0.1, 0.15) is 0 Å². The van der Waals surface area contributed by atoms with Gasteiger partial charge in [-0.1, -0.05) is 36.4 Å². The molecule has 8 rings (SSSR count). The lowest BCUT2D eigenvalue weighted by Gasteiger charge is -2.00. The third kappa shape index (κ3) is 11.6. The second-order valence-electron chi connectivity index (χ2n) is 14.1. The van der Waals surface area contributed by atoms with E-state index in [1.54, 1.807) is 27.4 Å². The minimum Gasteiger partial charge on any atom is -0.478 e. The van der Waals surface area contributed by atoms with Crippen molar-refractivity contribution < 1.29 is 35.1 Å². The number of nitrogens with one attached hydrogen (secondary N) is 2. The highest BCUT2D eigenvalue weighted by Crippen LogP contribution is 2.18. The second kappa shape index (κ2) is 23.7. The molecular weight excluding hydrogens is 853 g/mol. The molecule has 4 aromatic carbocycles. The molecule has 0 bridgehead atoms. The molecule has 6 N–H and O–H groups in total. The molecule has 350 valence electrons. The lowest BCUT2D eigenvalue weighted by atomic mass is 10.2. The monoisotopic (exact) mass is 908 g/mol. The summed E-state index contributed by atoms with van der Waals surface area (Å²) in [4.78, 5) is 75.3. The van der Waals surface area contributed by atoms with Crippen LogP contribution in [0.25, 0.3) is 50.2 Å². The number of carboxylic acid groups (broad SMARTS) is 2. The maximum absolute atomic E-state index is 12.1. The molecule has 0 aliphatic rings. The number of rotatable bonds is 11. The number of imidazole rings is 4. The molecule has 0 radical (unpaired) electrons. The van der Waals surface area contributed by atoms with Gasteiger partial charge in [-0.05, 0) is 114 Å². The number of aliphatic hydroxyl groups excluding tert-OH is 1. The maximum atomic E-state index is 12.1. The van der Waals surface area contributed by atoms with Crippen LogP contribution in [0.3, 0.4) is 0 Å². The number of aliphatic carboxylic acids is 2. The average molecular weight is 909 g/mol. The molecule has 0 aliphatic carbocycles. The first-order chi connectivity index (χ1) is 31.6. The lowest BCUT2D eigenvalue weighted by molar-refractivity contribution is -0.209. The fourth-order valence-electron chi connectivity index (χ4n) is 7.19. The number of fused-ring (bicyclic) bond motifs is 4. The van der Waals surface area contributed by atoms with Crippen LogP contribution >= 0.6 is 0 Å². The van der Waals surface area contributed by atoms with E-state index in [0.29, 0.717) is 26.2 Å². The topological polar surface area (TPSA) is 254 Å². The Morgan fingerprint density at radius 1 is 0.576 bits per heavy atom. The Hall–Kier alpha value is -7.90. The molecule has 0 unspecified atom stereocenters. The molecule has 19 heteroatoms. The van der Waals surface area contributed by atoms with E-state index in [1.165, 1.54) is 6.08 Å². The number of benzene rings is 4. The van der Waals surface area contributed by atoms with Gasteiger partial charge in [0.2, 0.25) is 5.76 Å². The number of aliphatic hydroxyl groups is 1. The quantitative estimate of drug-likeness (QED) is 0.0377. The number of hydrogen-bond donors (Lipinski definition) is 6. The molecule has 0 spiro atoms. The van der Waals surface area contributed by atoms with Gasteiger partial charge in [-0.25, -0.2) is 34.0 Å². The Balaban J connectivity index is 0.000000187. The summed E-state index contributed by atoms with van der Waals surface area (Å²) < 4.78 is 10.5. The van der Waals surface area contributed by atoms with Crippen LogP contribution in [0, 0.1) is 0 Å². The zero-order chi connectivity index (χ0) is 48.7. The summed E-state index contributed by atoms with van der Waals surface area (Å²) in [5.74, 6) is -3.04. The number of aromatic nitrogens is 8. The van der Waals surface area contributed by atoms with Crippen molar-refractivity contribution in [2.75, 3.05) is 0 Å². The van der Waals surface area contributed by atoms with Crippen LogP contribution in [0.4, 0.5) is 0 Å². The van der Waals surface area contributed by atoms with Crippen LogP contribution in [0.5, 0.6) is 0 Å². The van der Waals surface area contributed by atoms with Gasteiger partial charge in [0.05, 0.1) is 50.7 Å². The van der Waals surface area contributed by atoms with Crippen LogP contribution in [-0.2, 0) is 60.4 Å². The van der Waals surface area contributed by atoms with Crippen molar-refractivity contribution in [1.29, 1.82) is 0 Å². The number of carboxylic acids is 2. The molecule has 4 heterocycles. The van der Waals surface area contributed by atoms with Gasteiger partial charge in [0, 0.05) is 45.3 Å². The third-order valence-corrected chi connectivity index (χ3v) is 10.3. The van der Waals surface area contributed by atoms with Crippen LogP contribution < -0.4 is 22.8 Å². The summed E-state index contributed by atoms with van der Waals surface area (Å²) in [6, 6.07) is 26.5. The highest BCUT2D eigenvalue weighted by atomic mass is 17.1. The molecular formula is C47H56N8O11. The second-order valence-corrected chi connectivity index (χ2v) is 14.1. The summed E-state index contributed by atoms with van der Waals surface area (Å²) in [6.45, 7) is 18.5. The Kier molecular flexibility index (Phi) is 18.2. The molecule has 0 amide bonds. The van der Waals surface area contributed by atoms with Gasteiger partial charge in [0.15, 0.2) is 0 Å². The average Bonchev–Trinajstić information content (AvgIpc) is 4.01. The van der Waals surface area contributed by atoms with Gasteiger partial charge in [-0.15, -0.1) is 0 Å². The minimum absolute atomic E-state index is 0.00511. The van der Waals surface area contributed by atoms with Crippen molar-refractivity contribution in [2.24, 2.45) is 0 Å². The minimum atomic E-state index is -1.37. The van der Waals surface area contributed by atoms with Crippen LogP contribution in [-0.4, -0.2) is 69.9 Å². The van der Waals surface area contributed by atoms with Crippen molar-refractivity contribution >= 4 is 62.1 Å². The van der Waals surface area contributed by atoms with Crippen molar-refractivity contribution in [3.63, 3.8) is 0 Å². The molecule has 66 heavy (non-hydrogen) atoms.